The number of aryl methyl sites for hydroxylation is 1. The van der Waals surface area contributed by atoms with Crippen molar-refractivity contribution in [3.63, 3.8) is 0 Å². The van der Waals surface area contributed by atoms with Crippen LogP contribution < -0.4 is 10.1 Å². The van der Waals surface area contributed by atoms with Gasteiger partial charge in [0.1, 0.15) is 5.75 Å². The van der Waals surface area contributed by atoms with Crippen molar-refractivity contribution in [1.29, 1.82) is 0 Å². The first kappa shape index (κ1) is 18.3. The Morgan fingerprint density at radius 1 is 1.08 bits per heavy atom. The number of carbonyl (C=O) groups is 2. The van der Waals surface area contributed by atoms with Gasteiger partial charge in [-0.15, -0.1) is 0 Å². The van der Waals surface area contributed by atoms with Gasteiger partial charge in [0.2, 0.25) is 0 Å². The summed E-state index contributed by atoms with van der Waals surface area (Å²) in [6.45, 7) is 3.47. The van der Waals surface area contributed by atoms with Crippen molar-refractivity contribution in [3.8, 4) is 5.75 Å². The molecule has 0 saturated carbocycles. The Balaban J connectivity index is 1.94. The van der Waals surface area contributed by atoms with E-state index >= 15 is 0 Å². The number of hydrogen-bond donors (Lipinski definition) is 1. The van der Waals surface area contributed by atoms with Crippen LogP contribution in [-0.4, -0.2) is 25.1 Å². The van der Waals surface area contributed by atoms with Crippen molar-refractivity contribution >= 4 is 23.6 Å². The third kappa shape index (κ3) is 5.21. The quantitative estimate of drug-likeness (QED) is 0.645. The number of carbonyl (C=O) groups excluding carboxylic acids is 2. The summed E-state index contributed by atoms with van der Waals surface area (Å²) in [7, 11) is 1.52. The zero-order chi connectivity index (χ0) is 18.2. The molecule has 2 rings (SSSR count). The fourth-order valence-electron chi connectivity index (χ4n) is 2.18. The van der Waals surface area contributed by atoms with Crippen LogP contribution in [0.25, 0.3) is 6.08 Å². The predicted molar refractivity (Wildman–Crippen MR) is 97.4 cm³/mol. The Hall–Kier alpha value is -3.08. The molecule has 2 aromatic carbocycles. The summed E-state index contributed by atoms with van der Waals surface area (Å²) in [5, 5.41) is 2.68. The molecule has 1 atom stereocenters. The van der Waals surface area contributed by atoms with Crippen LogP contribution in [0, 0.1) is 6.92 Å². The molecule has 0 heterocycles. The smallest absolute Gasteiger partial charge is 0.331 e. The SMILES string of the molecule is COc1ccccc1NC(=O)[C@@H](C)OC(=O)/C=C/c1ccccc1C. The first-order valence-electron chi connectivity index (χ1n) is 7.89. The van der Waals surface area contributed by atoms with Crippen molar-refractivity contribution in [2.24, 2.45) is 0 Å². The number of ether oxygens (including phenoxy) is 2. The largest absolute Gasteiger partial charge is 0.495 e. The number of esters is 1. The Kier molecular flexibility index (Phi) is 6.34. The first-order valence-corrected chi connectivity index (χ1v) is 7.89. The minimum absolute atomic E-state index is 0.429. The van der Waals surface area contributed by atoms with Gasteiger partial charge in [-0.25, -0.2) is 4.79 Å². The summed E-state index contributed by atoms with van der Waals surface area (Å²) in [5.74, 6) is -0.470. The van der Waals surface area contributed by atoms with Crippen LogP contribution in [0.1, 0.15) is 18.1 Å². The fraction of sp³-hybridized carbons (Fsp3) is 0.200. The van der Waals surface area contributed by atoms with Crippen LogP contribution in [0.4, 0.5) is 5.69 Å². The van der Waals surface area contributed by atoms with Crippen LogP contribution in [0.2, 0.25) is 0 Å². The number of para-hydroxylation sites is 2. The van der Waals surface area contributed by atoms with Crippen molar-refractivity contribution in [2.75, 3.05) is 12.4 Å². The van der Waals surface area contributed by atoms with Gasteiger partial charge >= 0.3 is 5.97 Å². The zero-order valence-electron chi connectivity index (χ0n) is 14.5. The van der Waals surface area contributed by atoms with E-state index in [1.165, 1.54) is 20.1 Å². The number of amides is 1. The summed E-state index contributed by atoms with van der Waals surface area (Å²) in [6.07, 6.45) is 2.05. The van der Waals surface area contributed by atoms with Crippen molar-refractivity contribution in [1.82, 2.24) is 0 Å². The molecule has 0 aliphatic heterocycles. The van der Waals surface area contributed by atoms with E-state index in [9.17, 15) is 9.59 Å². The van der Waals surface area contributed by atoms with Crippen LogP contribution in [0.5, 0.6) is 5.75 Å². The number of rotatable bonds is 6. The van der Waals surface area contributed by atoms with Crippen LogP contribution in [-0.2, 0) is 14.3 Å². The average molecular weight is 339 g/mol. The molecule has 0 radical (unpaired) electrons. The summed E-state index contributed by atoms with van der Waals surface area (Å²) in [6, 6.07) is 14.7. The monoisotopic (exact) mass is 339 g/mol. The van der Waals surface area contributed by atoms with Gasteiger partial charge in [0, 0.05) is 6.08 Å². The van der Waals surface area contributed by atoms with Gasteiger partial charge in [-0.1, -0.05) is 36.4 Å². The standard InChI is InChI=1S/C20H21NO4/c1-14-8-4-5-9-16(14)12-13-19(22)25-15(2)20(23)21-17-10-6-7-11-18(17)24-3/h4-13,15H,1-3H3,(H,21,23)/b13-12+/t15-/m1/s1. The summed E-state index contributed by atoms with van der Waals surface area (Å²) in [5.41, 5.74) is 2.49. The molecule has 1 N–H and O–H groups in total. The number of benzene rings is 2. The van der Waals surface area contributed by atoms with Crippen LogP contribution >= 0.6 is 0 Å². The van der Waals surface area contributed by atoms with E-state index in [1.807, 2.05) is 31.2 Å². The van der Waals surface area contributed by atoms with E-state index in [0.29, 0.717) is 11.4 Å². The maximum Gasteiger partial charge on any atom is 0.331 e. The van der Waals surface area contributed by atoms with E-state index in [0.717, 1.165) is 11.1 Å². The molecule has 0 aliphatic rings. The van der Waals surface area contributed by atoms with E-state index in [1.54, 1.807) is 30.3 Å². The Morgan fingerprint density at radius 3 is 2.48 bits per heavy atom. The maximum atomic E-state index is 12.2. The highest BCUT2D eigenvalue weighted by Gasteiger charge is 2.18. The van der Waals surface area contributed by atoms with E-state index in [4.69, 9.17) is 9.47 Å². The molecule has 0 unspecified atom stereocenters. The Bertz CT molecular complexity index is 783. The average Bonchev–Trinajstić information content (AvgIpc) is 2.61. The maximum absolute atomic E-state index is 12.2. The summed E-state index contributed by atoms with van der Waals surface area (Å²) in [4.78, 5) is 24.1. The molecular formula is C20H21NO4. The molecule has 25 heavy (non-hydrogen) atoms. The Labute approximate surface area is 147 Å². The highest BCUT2D eigenvalue weighted by atomic mass is 16.5. The molecule has 2 aromatic rings. The second-order valence-corrected chi connectivity index (χ2v) is 5.46. The van der Waals surface area contributed by atoms with Crippen molar-refractivity contribution in [2.45, 2.75) is 20.0 Å². The highest BCUT2D eigenvalue weighted by molar-refractivity contribution is 5.97. The molecule has 130 valence electrons. The van der Waals surface area contributed by atoms with Gasteiger partial charge in [0.25, 0.3) is 5.91 Å². The molecule has 5 nitrogen and oxygen atoms in total. The summed E-state index contributed by atoms with van der Waals surface area (Å²) < 4.78 is 10.3. The van der Waals surface area contributed by atoms with E-state index in [-0.39, 0.29) is 0 Å². The molecule has 0 aliphatic carbocycles. The Morgan fingerprint density at radius 2 is 1.76 bits per heavy atom. The van der Waals surface area contributed by atoms with E-state index < -0.39 is 18.0 Å². The molecule has 0 spiro atoms. The third-order valence-corrected chi connectivity index (χ3v) is 3.61. The van der Waals surface area contributed by atoms with Crippen LogP contribution in [0.15, 0.2) is 54.6 Å². The van der Waals surface area contributed by atoms with Gasteiger partial charge in [-0.05, 0) is 43.2 Å². The topological polar surface area (TPSA) is 64.6 Å². The lowest BCUT2D eigenvalue weighted by Gasteiger charge is -2.14. The lowest BCUT2D eigenvalue weighted by molar-refractivity contribution is -0.148. The van der Waals surface area contributed by atoms with Gasteiger partial charge < -0.3 is 14.8 Å². The van der Waals surface area contributed by atoms with Crippen molar-refractivity contribution in [3.05, 3.63) is 65.7 Å². The minimum atomic E-state index is -0.932. The van der Waals surface area contributed by atoms with Crippen molar-refractivity contribution < 1.29 is 19.1 Å². The number of methoxy groups -OCH3 is 1. The lowest BCUT2D eigenvalue weighted by Crippen LogP contribution is -2.29. The molecule has 0 fully saturated rings. The number of nitrogens with one attached hydrogen (secondary N) is 1. The third-order valence-electron chi connectivity index (χ3n) is 3.61. The molecule has 0 bridgehead atoms. The predicted octanol–water partition coefficient (Wildman–Crippen LogP) is 3.59. The molecule has 0 aromatic heterocycles. The highest BCUT2D eigenvalue weighted by Crippen LogP contribution is 2.23. The molecule has 5 heteroatoms. The van der Waals surface area contributed by atoms with E-state index in [2.05, 4.69) is 5.32 Å². The minimum Gasteiger partial charge on any atom is -0.495 e. The second kappa shape index (κ2) is 8.68. The second-order valence-electron chi connectivity index (χ2n) is 5.46. The molecule has 0 saturated heterocycles. The summed E-state index contributed by atoms with van der Waals surface area (Å²) >= 11 is 0. The fourth-order valence-corrected chi connectivity index (χ4v) is 2.18. The van der Waals surface area contributed by atoms with Gasteiger partial charge in [0.05, 0.1) is 12.8 Å². The first-order chi connectivity index (χ1) is 12.0. The molecular weight excluding hydrogens is 318 g/mol. The lowest BCUT2D eigenvalue weighted by atomic mass is 10.1. The van der Waals surface area contributed by atoms with Gasteiger partial charge in [-0.3, -0.25) is 4.79 Å². The molecule has 1 amide bonds. The number of anilines is 1. The van der Waals surface area contributed by atoms with Crippen LogP contribution in [0.3, 0.4) is 0 Å². The normalized spacial score (nSPS) is 11.8. The number of hydrogen-bond acceptors (Lipinski definition) is 4. The van der Waals surface area contributed by atoms with Gasteiger partial charge in [0.15, 0.2) is 6.10 Å². The van der Waals surface area contributed by atoms with Gasteiger partial charge in [-0.2, -0.15) is 0 Å². The zero-order valence-corrected chi connectivity index (χ0v) is 14.5.